The van der Waals surface area contributed by atoms with Gasteiger partial charge in [-0.25, -0.2) is 0 Å². The monoisotopic (exact) mass is 337 g/mol. The second kappa shape index (κ2) is 8.30. The SMILES string of the molecule is CCOc1ccc(C(C)=O)cc1CN1CCC(c2ccccc2)CC1. The van der Waals surface area contributed by atoms with Crippen LogP contribution in [0.2, 0.25) is 0 Å². The average Bonchev–Trinajstić information content (AvgIpc) is 2.64. The Kier molecular flexibility index (Phi) is 5.87. The number of piperidine rings is 1. The van der Waals surface area contributed by atoms with Crippen LogP contribution >= 0.6 is 0 Å². The molecule has 1 heterocycles. The molecule has 2 aromatic carbocycles. The van der Waals surface area contributed by atoms with E-state index in [2.05, 4.69) is 35.2 Å². The summed E-state index contributed by atoms with van der Waals surface area (Å²) in [6, 6.07) is 16.6. The van der Waals surface area contributed by atoms with Crippen LogP contribution < -0.4 is 4.74 Å². The third-order valence-corrected chi connectivity index (χ3v) is 5.02. The highest BCUT2D eigenvalue weighted by molar-refractivity contribution is 5.94. The number of nitrogens with zero attached hydrogens (tertiary/aromatic N) is 1. The number of carbonyl (C=O) groups is 1. The number of carbonyl (C=O) groups excluding carboxylic acids is 1. The molecule has 1 fully saturated rings. The lowest BCUT2D eigenvalue weighted by Crippen LogP contribution is -2.32. The van der Waals surface area contributed by atoms with E-state index in [0.29, 0.717) is 12.5 Å². The maximum atomic E-state index is 11.7. The van der Waals surface area contributed by atoms with Gasteiger partial charge in [-0.15, -0.1) is 0 Å². The molecule has 0 aliphatic carbocycles. The summed E-state index contributed by atoms with van der Waals surface area (Å²) >= 11 is 0. The van der Waals surface area contributed by atoms with Gasteiger partial charge in [-0.3, -0.25) is 9.69 Å². The number of ether oxygens (including phenoxy) is 1. The van der Waals surface area contributed by atoms with Gasteiger partial charge in [0.05, 0.1) is 6.61 Å². The van der Waals surface area contributed by atoms with E-state index < -0.39 is 0 Å². The molecule has 25 heavy (non-hydrogen) atoms. The zero-order valence-corrected chi connectivity index (χ0v) is 15.2. The Hall–Kier alpha value is -2.13. The molecule has 0 amide bonds. The molecule has 1 aliphatic rings. The van der Waals surface area contributed by atoms with E-state index in [1.54, 1.807) is 6.92 Å². The first-order valence-electron chi connectivity index (χ1n) is 9.21. The van der Waals surface area contributed by atoms with Gasteiger partial charge in [0.2, 0.25) is 0 Å². The molecule has 3 heteroatoms. The summed E-state index contributed by atoms with van der Waals surface area (Å²) in [5, 5.41) is 0. The van der Waals surface area contributed by atoms with E-state index in [0.717, 1.165) is 36.5 Å². The Morgan fingerprint density at radius 3 is 2.48 bits per heavy atom. The number of ketones is 1. The number of hydrogen-bond acceptors (Lipinski definition) is 3. The Labute approximate surface area is 150 Å². The average molecular weight is 337 g/mol. The molecule has 0 atom stereocenters. The van der Waals surface area contributed by atoms with Gasteiger partial charge in [-0.05, 0) is 69.5 Å². The van der Waals surface area contributed by atoms with Gasteiger partial charge in [0.15, 0.2) is 5.78 Å². The Morgan fingerprint density at radius 2 is 1.84 bits per heavy atom. The lowest BCUT2D eigenvalue weighted by Gasteiger charge is -2.32. The van der Waals surface area contributed by atoms with Gasteiger partial charge in [0.1, 0.15) is 5.75 Å². The van der Waals surface area contributed by atoms with Crippen molar-refractivity contribution in [2.24, 2.45) is 0 Å². The number of hydrogen-bond donors (Lipinski definition) is 0. The molecule has 132 valence electrons. The van der Waals surface area contributed by atoms with Crippen molar-refractivity contribution in [1.82, 2.24) is 4.90 Å². The summed E-state index contributed by atoms with van der Waals surface area (Å²) in [5.41, 5.74) is 3.33. The molecule has 0 saturated carbocycles. The summed E-state index contributed by atoms with van der Waals surface area (Å²) in [7, 11) is 0. The number of likely N-dealkylation sites (tertiary alicyclic amines) is 1. The molecule has 0 N–H and O–H groups in total. The first-order chi connectivity index (χ1) is 12.2. The van der Waals surface area contributed by atoms with E-state index in [1.165, 1.54) is 18.4 Å². The van der Waals surface area contributed by atoms with Crippen molar-refractivity contribution in [3.63, 3.8) is 0 Å². The van der Waals surface area contributed by atoms with E-state index in [9.17, 15) is 4.79 Å². The van der Waals surface area contributed by atoms with E-state index >= 15 is 0 Å². The van der Waals surface area contributed by atoms with Gasteiger partial charge < -0.3 is 4.74 Å². The summed E-state index contributed by atoms with van der Waals surface area (Å²) in [6.45, 7) is 7.25. The number of Topliss-reactive ketones (excluding diaryl/α,β-unsaturated/α-hetero) is 1. The smallest absolute Gasteiger partial charge is 0.159 e. The van der Waals surface area contributed by atoms with Crippen LogP contribution in [0.1, 0.15) is 54.1 Å². The van der Waals surface area contributed by atoms with Crippen molar-refractivity contribution in [3.8, 4) is 5.75 Å². The van der Waals surface area contributed by atoms with Crippen LogP contribution in [0, 0.1) is 0 Å². The summed E-state index contributed by atoms with van der Waals surface area (Å²) in [4.78, 5) is 14.2. The first kappa shape index (κ1) is 17.7. The standard InChI is InChI=1S/C22H27NO2/c1-3-25-22-10-9-20(17(2)24)15-21(22)16-23-13-11-19(12-14-23)18-7-5-4-6-8-18/h4-10,15,19H,3,11-14,16H2,1-2H3. The molecule has 1 aliphatic heterocycles. The fraction of sp³-hybridized carbons (Fsp3) is 0.409. The Bertz CT molecular complexity index is 703. The lowest BCUT2D eigenvalue weighted by molar-refractivity contribution is 0.101. The molecule has 3 nitrogen and oxygen atoms in total. The molecule has 0 radical (unpaired) electrons. The van der Waals surface area contributed by atoms with Gasteiger partial charge in [0.25, 0.3) is 0 Å². The molecule has 3 rings (SSSR count). The highest BCUT2D eigenvalue weighted by Gasteiger charge is 2.21. The fourth-order valence-corrected chi connectivity index (χ4v) is 3.61. The molecular formula is C22H27NO2. The van der Waals surface area contributed by atoms with Gasteiger partial charge in [-0.2, -0.15) is 0 Å². The van der Waals surface area contributed by atoms with Gasteiger partial charge >= 0.3 is 0 Å². The maximum absolute atomic E-state index is 11.7. The molecular weight excluding hydrogens is 310 g/mol. The van der Waals surface area contributed by atoms with Crippen LogP contribution in [0.25, 0.3) is 0 Å². The molecule has 0 aromatic heterocycles. The zero-order valence-electron chi connectivity index (χ0n) is 15.2. The van der Waals surface area contributed by atoms with E-state index in [4.69, 9.17) is 4.74 Å². The zero-order chi connectivity index (χ0) is 17.6. The number of benzene rings is 2. The van der Waals surface area contributed by atoms with Crippen molar-refractivity contribution < 1.29 is 9.53 Å². The normalized spacial score (nSPS) is 15.9. The third-order valence-electron chi connectivity index (χ3n) is 5.02. The topological polar surface area (TPSA) is 29.5 Å². The summed E-state index contributed by atoms with van der Waals surface area (Å²) in [5.74, 6) is 1.66. The third kappa shape index (κ3) is 4.49. The highest BCUT2D eigenvalue weighted by atomic mass is 16.5. The molecule has 0 bridgehead atoms. The van der Waals surface area contributed by atoms with E-state index in [-0.39, 0.29) is 5.78 Å². The second-order valence-electron chi connectivity index (χ2n) is 6.77. The molecule has 0 spiro atoms. The summed E-state index contributed by atoms with van der Waals surface area (Å²) in [6.07, 6.45) is 2.36. The predicted molar refractivity (Wildman–Crippen MR) is 101 cm³/mol. The van der Waals surface area contributed by atoms with Crippen molar-refractivity contribution in [3.05, 3.63) is 65.2 Å². The highest BCUT2D eigenvalue weighted by Crippen LogP contribution is 2.30. The van der Waals surface area contributed by atoms with Gasteiger partial charge in [-0.1, -0.05) is 30.3 Å². The van der Waals surface area contributed by atoms with Crippen LogP contribution in [0.5, 0.6) is 5.75 Å². The minimum absolute atomic E-state index is 0.104. The van der Waals surface area contributed by atoms with Gasteiger partial charge in [0, 0.05) is 17.7 Å². The lowest BCUT2D eigenvalue weighted by atomic mass is 9.89. The van der Waals surface area contributed by atoms with Crippen LogP contribution in [0.4, 0.5) is 0 Å². The van der Waals surface area contributed by atoms with Crippen LogP contribution in [-0.2, 0) is 6.54 Å². The van der Waals surface area contributed by atoms with Crippen LogP contribution in [0.15, 0.2) is 48.5 Å². The largest absolute Gasteiger partial charge is 0.494 e. The van der Waals surface area contributed by atoms with Crippen molar-refractivity contribution in [2.75, 3.05) is 19.7 Å². The fourth-order valence-electron chi connectivity index (χ4n) is 3.61. The van der Waals surface area contributed by atoms with E-state index in [1.807, 2.05) is 25.1 Å². The predicted octanol–water partition coefficient (Wildman–Crippen LogP) is 4.67. The second-order valence-corrected chi connectivity index (χ2v) is 6.77. The molecule has 2 aromatic rings. The minimum atomic E-state index is 0.104. The molecule has 1 saturated heterocycles. The first-order valence-corrected chi connectivity index (χ1v) is 9.21. The van der Waals surface area contributed by atoms with Crippen LogP contribution in [0.3, 0.4) is 0 Å². The van der Waals surface area contributed by atoms with Crippen molar-refractivity contribution in [1.29, 1.82) is 0 Å². The van der Waals surface area contributed by atoms with Crippen molar-refractivity contribution in [2.45, 2.75) is 39.2 Å². The van der Waals surface area contributed by atoms with Crippen LogP contribution in [-0.4, -0.2) is 30.4 Å². The number of rotatable bonds is 6. The Balaban J connectivity index is 1.67. The quantitative estimate of drug-likeness (QED) is 0.718. The summed E-state index contributed by atoms with van der Waals surface area (Å²) < 4.78 is 5.77. The minimum Gasteiger partial charge on any atom is -0.494 e. The Morgan fingerprint density at radius 1 is 1.12 bits per heavy atom. The molecule has 0 unspecified atom stereocenters. The maximum Gasteiger partial charge on any atom is 0.159 e. The van der Waals surface area contributed by atoms with Crippen molar-refractivity contribution >= 4 is 5.78 Å².